The summed E-state index contributed by atoms with van der Waals surface area (Å²) in [7, 11) is 0. The van der Waals surface area contributed by atoms with Crippen LogP contribution in [-0.4, -0.2) is 4.57 Å². The second-order valence-electron chi connectivity index (χ2n) is 15.7. The molecule has 0 saturated carbocycles. The molecule has 59 heavy (non-hydrogen) atoms. The Labute approximate surface area is 351 Å². The Bertz CT molecular complexity index is 3390. The van der Waals surface area contributed by atoms with E-state index in [-0.39, 0.29) is 0 Å². The SMILES string of the molecule is Brc1ccc(-c2ccccc2-c2cc3c(c4ccccc24)c2c4ccccc4ccc2n3-c2ccc3c(c2)C(c2ccccc2)(c2ccccc2)c2ccccc2-3)cc1. The first-order valence-electron chi connectivity index (χ1n) is 20.3. The van der Waals surface area contributed by atoms with Gasteiger partial charge in [0.25, 0.3) is 0 Å². The maximum Gasteiger partial charge on any atom is 0.0714 e. The average Bonchev–Trinajstić information content (AvgIpc) is 3.80. The predicted octanol–water partition coefficient (Wildman–Crippen LogP) is 15.5. The molecule has 1 aromatic heterocycles. The van der Waals surface area contributed by atoms with E-state index in [1.807, 2.05) is 0 Å². The van der Waals surface area contributed by atoms with E-state index < -0.39 is 5.41 Å². The van der Waals surface area contributed by atoms with Gasteiger partial charge in [-0.3, -0.25) is 0 Å². The van der Waals surface area contributed by atoms with E-state index in [0.29, 0.717) is 0 Å². The first kappa shape index (κ1) is 34.1. The largest absolute Gasteiger partial charge is 0.309 e. The summed E-state index contributed by atoms with van der Waals surface area (Å²) in [6.45, 7) is 0. The van der Waals surface area contributed by atoms with Gasteiger partial charge in [0.2, 0.25) is 0 Å². The summed E-state index contributed by atoms with van der Waals surface area (Å²) in [5.74, 6) is 0. The molecule has 1 nitrogen and oxygen atoms in total. The standard InChI is InChI=1S/C57H36BrN/c58-41-30-27-38(28-31-41)43-20-9-10-22-45(43)50-36-54-56(49-25-12-11-23-46(49)50)55-44-21-8-7-15-37(44)29-34-53(55)59(54)42-32-33-48-47-24-13-14-26-51(47)57(52(48)35-42,39-16-3-1-4-17-39)40-18-5-2-6-19-40/h1-36H. The van der Waals surface area contributed by atoms with Crippen LogP contribution in [0.15, 0.2) is 223 Å². The fourth-order valence-corrected chi connectivity index (χ4v) is 10.6. The fraction of sp³-hybridized carbons (Fsp3) is 0.0175. The van der Waals surface area contributed by atoms with Crippen molar-refractivity contribution in [3.05, 3.63) is 245 Å². The number of hydrogen-bond donors (Lipinski definition) is 0. The van der Waals surface area contributed by atoms with Crippen molar-refractivity contribution in [2.24, 2.45) is 0 Å². The molecule has 0 saturated heterocycles. The van der Waals surface area contributed by atoms with Crippen molar-refractivity contribution in [2.75, 3.05) is 0 Å². The lowest BCUT2D eigenvalue weighted by Crippen LogP contribution is -2.28. The summed E-state index contributed by atoms with van der Waals surface area (Å²) in [6.07, 6.45) is 0. The highest BCUT2D eigenvalue weighted by molar-refractivity contribution is 9.10. The number of benzene rings is 10. The minimum Gasteiger partial charge on any atom is -0.309 e. The average molecular weight is 815 g/mol. The third-order valence-corrected chi connectivity index (χ3v) is 13.3. The van der Waals surface area contributed by atoms with Gasteiger partial charge in [0.15, 0.2) is 0 Å². The quantitative estimate of drug-likeness (QED) is 0.163. The molecule has 0 bridgehead atoms. The molecule has 0 spiro atoms. The highest BCUT2D eigenvalue weighted by atomic mass is 79.9. The Morgan fingerprint density at radius 1 is 0.356 bits per heavy atom. The molecule has 11 aromatic rings. The van der Waals surface area contributed by atoms with E-state index in [1.54, 1.807) is 0 Å². The second kappa shape index (κ2) is 13.3. The van der Waals surface area contributed by atoms with Crippen LogP contribution in [0.1, 0.15) is 22.3 Å². The number of nitrogens with zero attached hydrogens (tertiary/aromatic N) is 1. The third-order valence-electron chi connectivity index (χ3n) is 12.7. The van der Waals surface area contributed by atoms with Gasteiger partial charge in [-0.1, -0.05) is 198 Å². The Kier molecular flexibility index (Phi) is 7.67. The summed E-state index contributed by atoms with van der Waals surface area (Å²) in [5.41, 5.74) is 15.6. The van der Waals surface area contributed by atoms with Crippen molar-refractivity contribution in [1.82, 2.24) is 4.57 Å². The van der Waals surface area contributed by atoms with Gasteiger partial charge >= 0.3 is 0 Å². The minimum absolute atomic E-state index is 0.503. The summed E-state index contributed by atoms with van der Waals surface area (Å²) in [6, 6.07) is 80.9. The molecule has 0 N–H and O–H groups in total. The van der Waals surface area contributed by atoms with Crippen LogP contribution >= 0.6 is 15.9 Å². The summed E-state index contributed by atoms with van der Waals surface area (Å²) >= 11 is 3.66. The van der Waals surface area contributed by atoms with Gasteiger partial charge in [0, 0.05) is 20.9 Å². The summed E-state index contributed by atoms with van der Waals surface area (Å²) in [5, 5.41) is 7.56. The highest BCUT2D eigenvalue weighted by Crippen LogP contribution is 2.57. The molecule has 0 radical (unpaired) electrons. The zero-order valence-electron chi connectivity index (χ0n) is 32.1. The minimum atomic E-state index is -0.503. The third kappa shape index (κ3) is 4.97. The van der Waals surface area contributed by atoms with Crippen LogP contribution in [0.4, 0.5) is 0 Å². The van der Waals surface area contributed by atoms with Gasteiger partial charge < -0.3 is 4.57 Å². The molecule has 0 aliphatic heterocycles. The molecule has 1 aliphatic rings. The van der Waals surface area contributed by atoms with Gasteiger partial charge in [-0.25, -0.2) is 0 Å². The van der Waals surface area contributed by atoms with Crippen LogP contribution in [-0.2, 0) is 5.41 Å². The maximum absolute atomic E-state index is 3.66. The van der Waals surface area contributed by atoms with Gasteiger partial charge in [0.05, 0.1) is 16.4 Å². The molecule has 1 aliphatic carbocycles. The second-order valence-corrected chi connectivity index (χ2v) is 16.6. The Balaban J connectivity index is 1.22. The number of aromatic nitrogens is 1. The zero-order chi connectivity index (χ0) is 39.1. The van der Waals surface area contributed by atoms with Crippen LogP contribution in [0.25, 0.3) is 82.4 Å². The van der Waals surface area contributed by atoms with E-state index >= 15 is 0 Å². The van der Waals surface area contributed by atoms with E-state index in [0.717, 1.165) is 10.2 Å². The van der Waals surface area contributed by atoms with Crippen LogP contribution in [0.2, 0.25) is 0 Å². The van der Waals surface area contributed by atoms with Crippen LogP contribution in [0.5, 0.6) is 0 Å². The topological polar surface area (TPSA) is 4.93 Å². The summed E-state index contributed by atoms with van der Waals surface area (Å²) in [4.78, 5) is 0. The van der Waals surface area contributed by atoms with Crippen LogP contribution in [0.3, 0.4) is 0 Å². The van der Waals surface area contributed by atoms with Crippen LogP contribution < -0.4 is 0 Å². The maximum atomic E-state index is 3.66. The van der Waals surface area contributed by atoms with Crippen molar-refractivity contribution in [3.63, 3.8) is 0 Å². The monoisotopic (exact) mass is 813 g/mol. The molecule has 0 amide bonds. The van der Waals surface area contributed by atoms with Crippen molar-refractivity contribution in [2.45, 2.75) is 5.41 Å². The summed E-state index contributed by atoms with van der Waals surface area (Å²) < 4.78 is 3.61. The number of hydrogen-bond acceptors (Lipinski definition) is 0. The lowest BCUT2D eigenvalue weighted by Gasteiger charge is -2.34. The zero-order valence-corrected chi connectivity index (χ0v) is 33.7. The smallest absolute Gasteiger partial charge is 0.0714 e. The molecule has 10 aromatic carbocycles. The van der Waals surface area contributed by atoms with Gasteiger partial charge in [0.1, 0.15) is 0 Å². The molecule has 0 fully saturated rings. The van der Waals surface area contributed by atoms with E-state index in [1.165, 1.54) is 99.0 Å². The van der Waals surface area contributed by atoms with Gasteiger partial charge in [-0.15, -0.1) is 0 Å². The Morgan fingerprint density at radius 3 is 1.68 bits per heavy atom. The molecule has 0 unspecified atom stereocenters. The lowest BCUT2D eigenvalue weighted by atomic mass is 9.67. The predicted molar refractivity (Wildman–Crippen MR) is 252 cm³/mol. The lowest BCUT2D eigenvalue weighted by molar-refractivity contribution is 0.767. The normalized spacial score (nSPS) is 13.0. The van der Waals surface area contributed by atoms with E-state index in [9.17, 15) is 0 Å². The van der Waals surface area contributed by atoms with Crippen molar-refractivity contribution < 1.29 is 0 Å². The van der Waals surface area contributed by atoms with E-state index in [2.05, 4.69) is 239 Å². The van der Waals surface area contributed by atoms with E-state index in [4.69, 9.17) is 0 Å². The molecule has 276 valence electrons. The number of halogens is 1. The number of fused-ring (bicyclic) bond motifs is 10. The van der Waals surface area contributed by atoms with Crippen molar-refractivity contribution in [3.8, 4) is 39.1 Å². The van der Waals surface area contributed by atoms with Crippen molar-refractivity contribution >= 4 is 59.3 Å². The molecular formula is C57H36BrN. The first-order valence-corrected chi connectivity index (χ1v) is 21.1. The van der Waals surface area contributed by atoms with Gasteiger partial charge in [-0.05, 0) is 114 Å². The molecular weight excluding hydrogens is 779 g/mol. The molecule has 1 heterocycles. The molecule has 0 atom stereocenters. The first-order chi connectivity index (χ1) is 29.2. The highest BCUT2D eigenvalue weighted by Gasteiger charge is 2.46. The van der Waals surface area contributed by atoms with Crippen LogP contribution in [0, 0.1) is 0 Å². The molecule has 12 rings (SSSR count). The Morgan fingerprint density at radius 2 is 0.932 bits per heavy atom. The number of rotatable bonds is 5. The molecule has 2 heteroatoms. The van der Waals surface area contributed by atoms with Crippen molar-refractivity contribution in [1.29, 1.82) is 0 Å². The van der Waals surface area contributed by atoms with Gasteiger partial charge in [-0.2, -0.15) is 0 Å². The fourth-order valence-electron chi connectivity index (χ4n) is 10.3. The Hall–Kier alpha value is -7.00.